The van der Waals surface area contributed by atoms with Crippen LogP contribution in [0.1, 0.15) is 20.8 Å². The van der Waals surface area contributed by atoms with E-state index in [-0.39, 0.29) is 18.7 Å². The molecule has 0 saturated carbocycles. The largest absolute Gasteiger partial charge is 0.462 e. The van der Waals surface area contributed by atoms with Crippen LogP contribution in [0.2, 0.25) is 0 Å². The van der Waals surface area contributed by atoms with Gasteiger partial charge < -0.3 is 14.2 Å². The van der Waals surface area contributed by atoms with Crippen LogP contribution in [0.4, 0.5) is 0 Å². The third-order valence-electron chi connectivity index (χ3n) is 1.76. The van der Waals surface area contributed by atoms with E-state index in [0.29, 0.717) is 6.61 Å². The normalized spacial score (nSPS) is 25.5. The molecule has 4 heteroatoms. The molecule has 0 amide bonds. The number of hydrogen-bond acceptors (Lipinski definition) is 4. The van der Waals surface area contributed by atoms with Gasteiger partial charge in [0.1, 0.15) is 12.7 Å². The zero-order valence-electron chi connectivity index (χ0n) is 8.78. The second-order valence-electron chi connectivity index (χ2n) is 3.60. The topological polar surface area (TPSA) is 44.8 Å². The lowest BCUT2D eigenvalue weighted by molar-refractivity contribution is -0.140. The molecule has 0 N–H and O–H groups in total. The molecule has 1 aliphatic rings. The smallest absolute Gasteiger partial charge is 0.302 e. The van der Waals surface area contributed by atoms with Crippen LogP contribution in [0.25, 0.3) is 0 Å². The molecule has 0 bridgehead atoms. The summed E-state index contributed by atoms with van der Waals surface area (Å²) in [7, 11) is 0. The molecule has 0 aromatic carbocycles. The van der Waals surface area contributed by atoms with E-state index in [0.717, 1.165) is 0 Å². The van der Waals surface area contributed by atoms with E-state index in [1.807, 2.05) is 19.9 Å². The van der Waals surface area contributed by atoms with Crippen LogP contribution in [0.5, 0.6) is 0 Å². The number of hydrogen-bond donors (Lipinski definition) is 0. The Morgan fingerprint density at radius 2 is 2.36 bits per heavy atom. The van der Waals surface area contributed by atoms with Crippen molar-refractivity contribution in [2.24, 2.45) is 0 Å². The fraction of sp³-hybridized carbons (Fsp3) is 0.700. The summed E-state index contributed by atoms with van der Waals surface area (Å²) in [5.41, 5.74) is 0. The summed E-state index contributed by atoms with van der Waals surface area (Å²) in [6.07, 6.45) is 3.56. The SMILES string of the molecule is CC(=O)OC/C=C/[C@H]1COC(C)(C)O1. The second-order valence-corrected chi connectivity index (χ2v) is 3.60. The van der Waals surface area contributed by atoms with Crippen LogP contribution >= 0.6 is 0 Å². The van der Waals surface area contributed by atoms with Crippen molar-refractivity contribution < 1.29 is 19.0 Å². The van der Waals surface area contributed by atoms with E-state index in [1.165, 1.54) is 6.92 Å². The highest BCUT2D eigenvalue weighted by atomic mass is 16.7. The average Bonchev–Trinajstić information content (AvgIpc) is 2.39. The zero-order valence-corrected chi connectivity index (χ0v) is 8.78. The van der Waals surface area contributed by atoms with Gasteiger partial charge in [-0.2, -0.15) is 0 Å². The first kappa shape index (κ1) is 11.2. The third-order valence-corrected chi connectivity index (χ3v) is 1.76. The minimum absolute atomic E-state index is 0.0411. The van der Waals surface area contributed by atoms with E-state index < -0.39 is 5.79 Å². The maximum atomic E-state index is 10.4. The minimum Gasteiger partial charge on any atom is -0.462 e. The Kier molecular flexibility index (Phi) is 3.66. The van der Waals surface area contributed by atoms with Crippen molar-refractivity contribution in [3.8, 4) is 0 Å². The molecular formula is C10H16O4. The molecule has 1 heterocycles. The minimum atomic E-state index is -0.504. The first-order chi connectivity index (χ1) is 6.49. The molecule has 0 aliphatic carbocycles. The monoisotopic (exact) mass is 200 g/mol. The summed E-state index contributed by atoms with van der Waals surface area (Å²) in [4.78, 5) is 10.4. The molecular weight excluding hydrogens is 184 g/mol. The van der Waals surface area contributed by atoms with Gasteiger partial charge in [0.2, 0.25) is 0 Å². The number of rotatable bonds is 3. The molecule has 0 spiro atoms. The van der Waals surface area contributed by atoms with Gasteiger partial charge in [-0.15, -0.1) is 0 Å². The molecule has 1 aliphatic heterocycles. The summed E-state index contributed by atoms with van der Waals surface area (Å²) < 4.78 is 15.6. The fourth-order valence-electron chi connectivity index (χ4n) is 1.18. The number of ether oxygens (including phenoxy) is 3. The van der Waals surface area contributed by atoms with E-state index in [2.05, 4.69) is 0 Å². The van der Waals surface area contributed by atoms with Crippen LogP contribution in [-0.2, 0) is 19.0 Å². The molecule has 4 nitrogen and oxygen atoms in total. The maximum absolute atomic E-state index is 10.4. The molecule has 0 radical (unpaired) electrons. The second kappa shape index (κ2) is 4.57. The molecule has 0 aromatic heterocycles. The van der Waals surface area contributed by atoms with Crippen LogP contribution in [0.3, 0.4) is 0 Å². The summed E-state index contributed by atoms with van der Waals surface area (Å²) in [5.74, 6) is -0.783. The first-order valence-electron chi connectivity index (χ1n) is 4.61. The highest BCUT2D eigenvalue weighted by molar-refractivity contribution is 5.65. The fourth-order valence-corrected chi connectivity index (χ4v) is 1.18. The van der Waals surface area contributed by atoms with Gasteiger partial charge in [0, 0.05) is 6.92 Å². The lowest BCUT2D eigenvalue weighted by Gasteiger charge is -2.15. The van der Waals surface area contributed by atoms with Crippen molar-refractivity contribution in [1.29, 1.82) is 0 Å². The summed E-state index contributed by atoms with van der Waals surface area (Å²) in [6.45, 7) is 5.95. The Labute approximate surface area is 83.8 Å². The van der Waals surface area contributed by atoms with Crippen LogP contribution in [0.15, 0.2) is 12.2 Å². The molecule has 1 saturated heterocycles. The van der Waals surface area contributed by atoms with E-state index in [1.54, 1.807) is 6.08 Å². The van der Waals surface area contributed by atoms with Crippen molar-refractivity contribution in [3.05, 3.63) is 12.2 Å². The van der Waals surface area contributed by atoms with Gasteiger partial charge in [-0.3, -0.25) is 4.79 Å². The van der Waals surface area contributed by atoms with Gasteiger partial charge in [0.15, 0.2) is 5.79 Å². The Morgan fingerprint density at radius 1 is 1.64 bits per heavy atom. The molecule has 14 heavy (non-hydrogen) atoms. The lowest BCUT2D eigenvalue weighted by Crippen LogP contribution is -2.20. The summed E-state index contributed by atoms with van der Waals surface area (Å²) >= 11 is 0. The van der Waals surface area contributed by atoms with E-state index in [4.69, 9.17) is 14.2 Å². The summed E-state index contributed by atoms with van der Waals surface area (Å²) in [5, 5.41) is 0. The Bertz CT molecular complexity index is 232. The van der Waals surface area contributed by atoms with Crippen molar-refractivity contribution in [1.82, 2.24) is 0 Å². The molecule has 80 valence electrons. The van der Waals surface area contributed by atoms with Crippen LogP contribution in [0, 0.1) is 0 Å². The number of carbonyl (C=O) groups excluding carboxylic acids is 1. The molecule has 1 fully saturated rings. The van der Waals surface area contributed by atoms with Gasteiger partial charge in [-0.1, -0.05) is 6.08 Å². The van der Waals surface area contributed by atoms with Gasteiger partial charge >= 0.3 is 5.97 Å². The first-order valence-corrected chi connectivity index (χ1v) is 4.61. The standard InChI is InChI=1S/C10H16O4/c1-8(11)12-6-4-5-9-7-13-10(2,3)14-9/h4-5,9H,6-7H2,1-3H3/b5-4+/t9-/m0/s1. The van der Waals surface area contributed by atoms with Crippen molar-refractivity contribution in [2.45, 2.75) is 32.7 Å². The molecule has 1 rings (SSSR count). The van der Waals surface area contributed by atoms with Gasteiger partial charge in [-0.25, -0.2) is 0 Å². The van der Waals surface area contributed by atoms with E-state index in [9.17, 15) is 4.79 Å². The zero-order chi connectivity index (χ0) is 10.6. The molecule has 0 aromatic rings. The number of esters is 1. The highest BCUT2D eigenvalue weighted by Gasteiger charge is 2.30. The van der Waals surface area contributed by atoms with Gasteiger partial charge in [-0.05, 0) is 19.9 Å². The maximum Gasteiger partial charge on any atom is 0.302 e. The van der Waals surface area contributed by atoms with Crippen molar-refractivity contribution in [2.75, 3.05) is 13.2 Å². The average molecular weight is 200 g/mol. The molecule has 1 atom stereocenters. The highest BCUT2D eigenvalue weighted by Crippen LogP contribution is 2.22. The Balaban J connectivity index is 2.22. The summed E-state index contributed by atoms with van der Waals surface area (Å²) in [6, 6.07) is 0. The van der Waals surface area contributed by atoms with Crippen LogP contribution < -0.4 is 0 Å². The predicted molar refractivity (Wildman–Crippen MR) is 50.7 cm³/mol. The van der Waals surface area contributed by atoms with Gasteiger partial charge in [0.25, 0.3) is 0 Å². The Morgan fingerprint density at radius 3 is 2.86 bits per heavy atom. The predicted octanol–water partition coefficient (Wildman–Crippen LogP) is 1.26. The quantitative estimate of drug-likeness (QED) is 0.508. The lowest BCUT2D eigenvalue weighted by atomic mass is 10.3. The number of carbonyl (C=O) groups is 1. The van der Waals surface area contributed by atoms with Crippen LogP contribution in [-0.4, -0.2) is 31.1 Å². The van der Waals surface area contributed by atoms with Gasteiger partial charge in [0.05, 0.1) is 6.61 Å². The third kappa shape index (κ3) is 3.89. The Hall–Kier alpha value is -0.870. The molecule has 0 unspecified atom stereocenters. The van der Waals surface area contributed by atoms with E-state index >= 15 is 0 Å². The van der Waals surface area contributed by atoms with Crippen molar-refractivity contribution >= 4 is 5.97 Å². The van der Waals surface area contributed by atoms with Crippen molar-refractivity contribution in [3.63, 3.8) is 0 Å².